The predicted molar refractivity (Wildman–Crippen MR) is 86.6 cm³/mol. The quantitative estimate of drug-likeness (QED) is 0.860. The molecule has 1 fully saturated rings. The molecule has 23 heavy (non-hydrogen) atoms. The molecule has 3 nitrogen and oxygen atoms in total. The number of alkyl halides is 3. The van der Waals surface area contributed by atoms with E-state index in [1.165, 1.54) is 0 Å². The van der Waals surface area contributed by atoms with Crippen LogP contribution in [0.3, 0.4) is 0 Å². The zero-order valence-corrected chi connectivity index (χ0v) is 13.6. The standard InChI is InChI=1S/C16H21F3N2O.ClH/c17-16(18,19)9-8-11-4-1-2-7-14(11)21-15(22)12-5-3-6-13(20)10-12;/h1-2,4,7,12-13H,3,5-6,8-10,20H2,(H,21,22);1H. The maximum Gasteiger partial charge on any atom is 0.389 e. The number of carbonyl (C=O) groups is 1. The Morgan fingerprint density at radius 2 is 1.96 bits per heavy atom. The lowest BCUT2D eigenvalue weighted by Crippen LogP contribution is -2.34. The summed E-state index contributed by atoms with van der Waals surface area (Å²) >= 11 is 0. The summed E-state index contributed by atoms with van der Waals surface area (Å²) in [7, 11) is 0. The number of carbonyl (C=O) groups excluding carboxylic acids is 1. The van der Waals surface area contributed by atoms with E-state index in [2.05, 4.69) is 5.32 Å². The number of halogens is 4. The van der Waals surface area contributed by atoms with Crippen LogP contribution in [-0.4, -0.2) is 18.1 Å². The number of aryl methyl sites for hydroxylation is 1. The van der Waals surface area contributed by atoms with E-state index in [9.17, 15) is 18.0 Å². The van der Waals surface area contributed by atoms with Crippen molar-refractivity contribution in [3.63, 3.8) is 0 Å². The highest BCUT2D eigenvalue weighted by atomic mass is 35.5. The van der Waals surface area contributed by atoms with Gasteiger partial charge in [0.15, 0.2) is 0 Å². The molecular weight excluding hydrogens is 329 g/mol. The van der Waals surface area contributed by atoms with Crippen LogP contribution in [0.4, 0.5) is 18.9 Å². The predicted octanol–water partition coefficient (Wildman–Crippen LogP) is 4.06. The van der Waals surface area contributed by atoms with Crippen molar-refractivity contribution in [2.24, 2.45) is 11.7 Å². The third kappa shape index (κ3) is 6.39. The lowest BCUT2D eigenvalue weighted by molar-refractivity contribution is -0.133. The van der Waals surface area contributed by atoms with Gasteiger partial charge in [-0.2, -0.15) is 13.2 Å². The molecule has 0 heterocycles. The summed E-state index contributed by atoms with van der Waals surface area (Å²) in [5, 5.41) is 2.78. The van der Waals surface area contributed by atoms with E-state index < -0.39 is 12.6 Å². The number of rotatable bonds is 4. The Morgan fingerprint density at radius 1 is 1.26 bits per heavy atom. The second kappa shape index (κ2) is 8.55. The summed E-state index contributed by atoms with van der Waals surface area (Å²) in [5.41, 5.74) is 6.85. The highest BCUT2D eigenvalue weighted by molar-refractivity contribution is 5.93. The first-order chi connectivity index (χ1) is 10.3. The van der Waals surface area contributed by atoms with Crippen LogP contribution in [0, 0.1) is 5.92 Å². The minimum atomic E-state index is -4.20. The van der Waals surface area contributed by atoms with Gasteiger partial charge in [0, 0.05) is 24.1 Å². The van der Waals surface area contributed by atoms with Crippen LogP contribution in [0.1, 0.15) is 37.7 Å². The molecule has 0 spiro atoms. The first-order valence-electron chi connectivity index (χ1n) is 7.56. The van der Waals surface area contributed by atoms with Gasteiger partial charge in [0.1, 0.15) is 0 Å². The Labute approximate surface area is 140 Å². The van der Waals surface area contributed by atoms with Crippen LogP contribution >= 0.6 is 12.4 Å². The molecule has 1 amide bonds. The van der Waals surface area contributed by atoms with Crippen molar-refractivity contribution in [3.8, 4) is 0 Å². The molecule has 2 unspecified atom stereocenters. The highest BCUT2D eigenvalue weighted by Gasteiger charge is 2.28. The Bertz CT molecular complexity index is 522. The van der Waals surface area contributed by atoms with Crippen LogP contribution in [-0.2, 0) is 11.2 Å². The number of anilines is 1. The Morgan fingerprint density at radius 3 is 2.61 bits per heavy atom. The third-order valence-electron chi connectivity index (χ3n) is 4.04. The van der Waals surface area contributed by atoms with Crippen molar-refractivity contribution in [1.82, 2.24) is 0 Å². The fourth-order valence-electron chi connectivity index (χ4n) is 2.84. The lowest BCUT2D eigenvalue weighted by atomic mass is 9.85. The fourth-order valence-corrected chi connectivity index (χ4v) is 2.84. The molecule has 1 aromatic rings. The van der Waals surface area contributed by atoms with Crippen molar-refractivity contribution in [2.75, 3.05) is 5.32 Å². The Hall–Kier alpha value is -1.27. The molecule has 1 aliphatic carbocycles. The summed E-state index contributed by atoms with van der Waals surface area (Å²) in [6.45, 7) is 0. The number of benzene rings is 1. The normalized spacial score (nSPS) is 21.4. The number of amides is 1. The van der Waals surface area contributed by atoms with Gasteiger partial charge < -0.3 is 11.1 Å². The number of para-hydroxylation sites is 1. The van der Waals surface area contributed by atoms with Crippen LogP contribution in [0.2, 0.25) is 0 Å². The van der Waals surface area contributed by atoms with Gasteiger partial charge in [0.05, 0.1) is 0 Å². The summed E-state index contributed by atoms with van der Waals surface area (Å²) in [6, 6.07) is 6.68. The number of nitrogens with one attached hydrogen (secondary N) is 1. The second-order valence-corrected chi connectivity index (χ2v) is 5.89. The van der Waals surface area contributed by atoms with Gasteiger partial charge in [0.2, 0.25) is 5.91 Å². The number of hydrogen-bond donors (Lipinski definition) is 2. The molecule has 3 N–H and O–H groups in total. The average molecular weight is 351 g/mol. The molecule has 2 rings (SSSR count). The molecule has 0 aromatic heterocycles. The summed E-state index contributed by atoms with van der Waals surface area (Å²) in [5.74, 6) is -0.297. The summed E-state index contributed by atoms with van der Waals surface area (Å²) < 4.78 is 37.1. The van der Waals surface area contributed by atoms with E-state index in [0.717, 1.165) is 19.3 Å². The first kappa shape index (κ1) is 19.8. The van der Waals surface area contributed by atoms with Crippen molar-refractivity contribution in [2.45, 2.75) is 50.7 Å². The number of hydrogen-bond acceptors (Lipinski definition) is 2. The zero-order chi connectivity index (χ0) is 16.2. The molecular formula is C16H22ClF3N2O. The molecule has 1 aromatic carbocycles. The van der Waals surface area contributed by atoms with Crippen molar-refractivity contribution in [3.05, 3.63) is 29.8 Å². The van der Waals surface area contributed by atoms with Gasteiger partial charge in [-0.1, -0.05) is 24.6 Å². The van der Waals surface area contributed by atoms with E-state index in [0.29, 0.717) is 17.7 Å². The van der Waals surface area contributed by atoms with Crippen LogP contribution in [0.15, 0.2) is 24.3 Å². The van der Waals surface area contributed by atoms with E-state index in [-0.39, 0.29) is 36.7 Å². The molecule has 2 atom stereocenters. The number of nitrogens with two attached hydrogens (primary N) is 1. The van der Waals surface area contributed by atoms with Gasteiger partial charge >= 0.3 is 6.18 Å². The molecule has 0 saturated heterocycles. The van der Waals surface area contributed by atoms with E-state index in [1.807, 2.05) is 0 Å². The SMILES string of the molecule is Cl.NC1CCCC(C(=O)Nc2ccccc2CCC(F)(F)F)C1. The minimum absolute atomic E-state index is 0. The van der Waals surface area contributed by atoms with Gasteiger partial charge in [-0.05, 0) is 37.3 Å². The molecule has 0 radical (unpaired) electrons. The minimum Gasteiger partial charge on any atom is -0.328 e. The molecule has 130 valence electrons. The van der Waals surface area contributed by atoms with Crippen LogP contribution in [0.5, 0.6) is 0 Å². The first-order valence-corrected chi connectivity index (χ1v) is 7.56. The molecule has 7 heteroatoms. The fraction of sp³-hybridized carbons (Fsp3) is 0.562. The molecule has 1 aliphatic rings. The molecule has 1 saturated carbocycles. The van der Waals surface area contributed by atoms with Gasteiger partial charge in [0.25, 0.3) is 0 Å². The van der Waals surface area contributed by atoms with E-state index in [1.54, 1.807) is 24.3 Å². The van der Waals surface area contributed by atoms with Crippen molar-refractivity contribution in [1.29, 1.82) is 0 Å². The van der Waals surface area contributed by atoms with Crippen LogP contribution < -0.4 is 11.1 Å². The Balaban J connectivity index is 0.00000264. The van der Waals surface area contributed by atoms with Gasteiger partial charge in [-0.25, -0.2) is 0 Å². The zero-order valence-electron chi connectivity index (χ0n) is 12.7. The maximum absolute atomic E-state index is 12.4. The molecule has 0 bridgehead atoms. The van der Waals surface area contributed by atoms with E-state index >= 15 is 0 Å². The lowest BCUT2D eigenvalue weighted by Gasteiger charge is -2.26. The van der Waals surface area contributed by atoms with E-state index in [4.69, 9.17) is 5.73 Å². The molecule has 0 aliphatic heterocycles. The second-order valence-electron chi connectivity index (χ2n) is 5.89. The van der Waals surface area contributed by atoms with Crippen molar-refractivity contribution < 1.29 is 18.0 Å². The highest BCUT2D eigenvalue weighted by Crippen LogP contribution is 2.27. The van der Waals surface area contributed by atoms with Gasteiger partial charge in [-0.3, -0.25) is 4.79 Å². The van der Waals surface area contributed by atoms with Crippen LogP contribution in [0.25, 0.3) is 0 Å². The largest absolute Gasteiger partial charge is 0.389 e. The summed E-state index contributed by atoms with van der Waals surface area (Å²) in [4.78, 5) is 12.3. The van der Waals surface area contributed by atoms with Gasteiger partial charge in [-0.15, -0.1) is 12.4 Å². The monoisotopic (exact) mass is 350 g/mol. The topological polar surface area (TPSA) is 55.1 Å². The maximum atomic E-state index is 12.4. The average Bonchev–Trinajstić information content (AvgIpc) is 2.45. The Kier molecular flexibility index (Phi) is 7.35. The smallest absolute Gasteiger partial charge is 0.328 e. The summed E-state index contributed by atoms with van der Waals surface area (Å²) in [6.07, 6.45) is -1.98. The third-order valence-corrected chi connectivity index (χ3v) is 4.04. The van der Waals surface area contributed by atoms with Crippen molar-refractivity contribution >= 4 is 24.0 Å².